The Morgan fingerprint density at radius 3 is 2.48 bits per heavy atom. The molecule has 1 aromatic carbocycles. The first-order valence-electron chi connectivity index (χ1n) is 6.04. The third-order valence-corrected chi connectivity index (χ3v) is 3.61. The van der Waals surface area contributed by atoms with Crippen LogP contribution in [0.1, 0.15) is 23.0 Å². The monoisotopic (exact) mass is 312 g/mol. The minimum absolute atomic E-state index is 0.0680. The molecule has 0 aliphatic heterocycles. The number of halogens is 3. The fraction of sp³-hybridized carbons (Fsp3) is 0.214. The third kappa shape index (κ3) is 4.04. The highest BCUT2D eigenvalue weighted by Gasteiger charge is 2.33. The number of thioether (sulfide) groups is 1. The van der Waals surface area contributed by atoms with Crippen LogP contribution in [-0.4, -0.2) is 21.0 Å². The fourth-order valence-corrected chi connectivity index (χ4v) is 2.44. The van der Waals surface area contributed by atoms with Crippen molar-refractivity contribution in [2.24, 2.45) is 0 Å². The van der Waals surface area contributed by atoms with E-state index in [-0.39, 0.29) is 10.9 Å². The van der Waals surface area contributed by atoms with Crippen molar-refractivity contribution < 1.29 is 18.0 Å². The number of nitrogens with zero attached hydrogens (tertiary/aromatic N) is 2. The summed E-state index contributed by atoms with van der Waals surface area (Å²) in [6, 6.07) is 9.35. The molecule has 0 fully saturated rings. The Hall–Kier alpha value is -1.89. The lowest BCUT2D eigenvalue weighted by molar-refractivity contribution is -0.141. The Morgan fingerprint density at radius 2 is 1.86 bits per heavy atom. The van der Waals surface area contributed by atoms with Gasteiger partial charge in [0.2, 0.25) is 0 Å². The van der Waals surface area contributed by atoms with Gasteiger partial charge in [-0.25, -0.2) is 9.97 Å². The van der Waals surface area contributed by atoms with Crippen LogP contribution in [0.5, 0.6) is 0 Å². The molecule has 1 aromatic heterocycles. The maximum atomic E-state index is 12.6. The number of carbonyl (C=O) groups excluding carboxylic acids is 1. The lowest BCUT2D eigenvalue weighted by atomic mass is 10.1. The summed E-state index contributed by atoms with van der Waals surface area (Å²) in [5.74, 6) is -0.179. The second-order valence-electron chi connectivity index (χ2n) is 4.21. The van der Waals surface area contributed by atoms with Crippen LogP contribution in [0.4, 0.5) is 13.2 Å². The molecule has 0 radical (unpaired) electrons. The lowest BCUT2D eigenvalue weighted by Gasteiger charge is -2.10. The van der Waals surface area contributed by atoms with Gasteiger partial charge in [0.05, 0.1) is 5.25 Å². The van der Waals surface area contributed by atoms with Gasteiger partial charge in [-0.1, -0.05) is 42.1 Å². The number of benzene rings is 1. The van der Waals surface area contributed by atoms with Crippen LogP contribution >= 0.6 is 11.8 Å². The molecule has 7 heteroatoms. The summed E-state index contributed by atoms with van der Waals surface area (Å²) in [7, 11) is 0. The van der Waals surface area contributed by atoms with Crippen LogP contribution in [0.25, 0.3) is 0 Å². The van der Waals surface area contributed by atoms with Crippen LogP contribution in [0.2, 0.25) is 0 Å². The van der Waals surface area contributed by atoms with Crippen LogP contribution in [0, 0.1) is 0 Å². The maximum Gasteiger partial charge on any atom is 0.433 e. The number of rotatable bonds is 4. The minimum atomic E-state index is -4.52. The van der Waals surface area contributed by atoms with E-state index in [0.29, 0.717) is 5.56 Å². The number of hydrogen-bond acceptors (Lipinski definition) is 4. The molecule has 2 rings (SSSR count). The maximum absolute atomic E-state index is 12.6. The molecule has 0 saturated heterocycles. The summed E-state index contributed by atoms with van der Waals surface area (Å²) in [5.41, 5.74) is -0.510. The highest BCUT2D eigenvalue weighted by atomic mass is 32.2. The van der Waals surface area contributed by atoms with Crippen molar-refractivity contribution in [1.29, 1.82) is 0 Å². The molecule has 0 bridgehead atoms. The number of ketones is 1. The Morgan fingerprint density at radius 1 is 1.19 bits per heavy atom. The first kappa shape index (κ1) is 15.5. The molecule has 1 unspecified atom stereocenters. The number of hydrogen-bond donors (Lipinski definition) is 0. The van der Waals surface area contributed by atoms with Gasteiger partial charge in [-0.15, -0.1) is 0 Å². The van der Waals surface area contributed by atoms with Crippen molar-refractivity contribution in [1.82, 2.24) is 9.97 Å². The van der Waals surface area contributed by atoms with Crippen molar-refractivity contribution in [3.05, 3.63) is 53.9 Å². The predicted molar refractivity (Wildman–Crippen MR) is 73.1 cm³/mol. The van der Waals surface area contributed by atoms with E-state index in [2.05, 4.69) is 9.97 Å². The average Bonchev–Trinajstić information content (AvgIpc) is 2.47. The first-order chi connectivity index (χ1) is 9.88. The van der Waals surface area contributed by atoms with Gasteiger partial charge >= 0.3 is 6.18 Å². The van der Waals surface area contributed by atoms with E-state index in [1.54, 1.807) is 37.3 Å². The summed E-state index contributed by atoms with van der Waals surface area (Å²) in [6.07, 6.45) is -3.48. The molecule has 110 valence electrons. The van der Waals surface area contributed by atoms with E-state index in [1.807, 2.05) is 0 Å². The Balaban J connectivity index is 2.13. The van der Waals surface area contributed by atoms with Crippen LogP contribution in [0.3, 0.4) is 0 Å². The van der Waals surface area contributed by atoms with E-state index in [1.165, 1.54) is 0 Å². The summed E-state index contributed by atoms with van der Waals surface area (Å²) < 4.78 is 37.7. The van der Waals surface area contributed by atoms with Crippen LogP contribution in [0.15, 0.2) is 47.8 Å². The quantitative estimate of drug-likeness (QED) is 0.488. The van der Waals surface area contributed by atoms with Crippen molar-refractivity contribution in [3.63, 3.8) is 0 Å². The normalized spacial score (nSPS) is 13.0. The van der Waals surface area contributed by atoms with E-state index >= 15 is 0 Å². The summed E-state index contributed by atoms with van der Waals surface area (Å²) in [5, 5.41) is -0.641. The molecule has 1 heterocycles. The summed E-state index contributed by atoms with van der Waals surface area (Å²) in [6.45, 7) is 1.61. The van der Waals surface area contributed by atoms with Gasteiger partial charge in [-0.3, -0.25) is 4.79 Å². The van der Waals surface area contributed by atoms with Gasteiger partial charge in [-0.05, 0) is 13.0 Å². The standard InChI is InChI=1S/C14H11F3N2OS/c1-9(12(20)10-5-3-2-4-6-10)21-13-18-8-7-11(19-13)14(15,16)17/h2-9H,1H3. The van der Waals surface area contributed by atoms with E-state index < -0.39 is 17.1 Å². The lowest BCUT2D eigenvalue weighted by Crippen LogP contribution is -2.15. The smallest absolute Gasteiger partial charge is 0.293 e. The SMILES string of the molecule is CC(Sc1nccc(C(F)(F)F)n1)C(=O)c1ccccc1. The molecule has 0 aliphatic carbocycles. The van der Waals surface area contributed by atoms with Gasteiger partial charge in [0.25, 0.3) is 0 Å². The Labute approximate surface area is 123 Å². The van der Waals surface area contributed by atoms with Gasteiger partial charge in [0.1, 0.15) is 5.69 Å². The number of Topliss-reactive ketones (excluding diaryl/α,β-unsaturated/α-hetero) is 1. The second kappa shape index (κ2) is 6.26. The van der Waals surface area contributed by atoms with Crippen molar-refractivity contribution >= 4 is 17.5 Å². The van der Waals surface area contributed by atoms with Gasteiger partial charge in [0, 0.05) is 11.8 Å². The minimum Gasteiger partial charge on any atom is -0.293 e. The fourth-order valence-electron chi connectivity index (χ4n) is 1.60. The molecule has 0 spiro atoms. The topological polar surface area (TPSA) is 42.9 Å². The molecule has 2 aromatic rings. The molecule has 0 N–H and O–H groups in total. The third-order valence-electron chi connectivity index (χ3n) is 2.63. The molecule has 0 amide bonds. The van der Waals surface area contributed by atoms with Gasteiger partial charge < -0.3 is 0 Å². The molecule has 1 atom stereocenters. The predicted octanol–water partition coefficient (Wildman–Crippen LogP) is 3.86. The molecular formula is C14H11F3N2OS. The second-order valence-corrected chi connectivity index (χ2v) is 5.52. The van der Waals surface area contributed by atoms with Gasteiger partial charge in [0.15, 0.2) is 10.9 Å². The Kier molecular flexibility index (Phi) is 4.62. The summed E-state index contributed by atoms with van der Waals surface area (Å²) in [4.78, 5) is 19.3. The largest absolute Gasteiger partial charge is 0.433 e. The van der Waals surface area contributed by atoms with Crippen molar-refractivity contribution in [2.75, 3.05) is 0 Å². The number of aromatic nitrogens is 2. The van der Waals surface area contributed by atoms with Crippen molar-refractivity contribution in [3.8, 4) is 0 Å². The number of carbonyl (C=O) groups is 1. The van der Waals surface area contributed by atoms with E-state index in [4.69, 9.17) is 0 Å². The first-order valence-corrected chi connectivity index (χ1v) is 6.92. The van der Waals surface area contributed by atoms with E-state index in [9.17, 15) is 18.0 Å². The zero-order valence-corrected chi connectivity index (χ0v) is 11.8. The van der Waals surface area contributed by atoms with Crippen LogP contribution in [-0.2, 0) is 6.18 Å². The van der Waals surface area contributed by atoms with E-state index in [0.717, 1.165) is 24.0 Å². The van der Waals surface area contributed by atoms with Crippen LogP contribution < -0.4 is 0 Å². The van der Waals surface area contributed by atoms with Gasteiger partial charge in [-0.2, -0.15) is 13.2 Å². The highest BCUT2D eigenvalue weighted by Crippen LogP contribution is 2.29. The zero-order valence-electron chi connectivity index (χ0n) is 11.0. The van der Waals surface area contributed by atoms with Crippen molar-refractivity contribution in [2.45, 2.75) is 23.5 Å². The summed E-state index contributed by atoms with van der Waals surface area (Å²) >= 11 is 0.905. The molecule has 3 nitrogen and oxygen atoms in total. The molecular weight excluding hydrogens is 301 g/mol. The highest BCUT2D eigenvalue weighted by molar-refractivity contribution is 8.00. The average molecular weight is 312 g/mol. The molecule has 0 aliphatic rings. The Bertz CT molecular complexity index is 632. The molecule has 21 heavy (non-hydrogen) atoms. The molecule has 0 saturated carbocycles. The zero-order chi connectivity index (χ0) is 15.5. The number of alkyl halides is 3.